The van der Waals surface area contributed by atoms with Crippen molar-refractivity contribution < 1.29 is 14.3 Å². The van der Waals surface area contributed by atoms with E-state index in [4.69, 9.17) is 0 Å². The zero-order chi connectivity index (χ0) is 15.5. The Hall–Kier alpha value is -0.980. The van der Waals surface area contributed by atoms with E-state index in [1.54, 1.807) is 18.0 Å². The molecule has 116 valence electrons. The number of rotatable bonds is 5. The summed E-state index contributed by atoms with van der Waals surface area (Å²) in [7, 11) is 1.79. The number of benzene rings is 1. The molecular weight excluding hydrogens is 339 g/mol. The highest BCUT2D eigenvalue weighted by Crippen LogP contribution is 2.29. The molecular formula is C15H20BrFN2O2. The lowest BCUT2D eigenvalue weighted by Crippen LogP contribution is -2.42. The van der Waals surface area contributed by atoms with Crippen molar-refractivity contribution >= 4 is 27.5 Å². The van der Waals surface area contributed by atoms with Gasteiger partial charge in [0.1, 0.15) is 5.82 Å². The maximum absolute atomic E-state index is 13.6. The minimum absolute atomic E-state index is 0.123. The highest BCUT2D eigenvalue weighted by atomic mass is 79.9. The SMILES string of the molecule is CN(CC(=O)Nc1ccc(Br)cc1F)CC1(O)CCCC1. The van der Waals surface area contributed by atoms with Gasteiger partial charge in [0.15, 0.2) is 0 Å². The highest BCUT2D eigenvalue weighted by molar-refractivity contribution is 9.10. The minimum Gasteiger partial charge on any atom is -0.389 e. The van der Waals surface area contributed by atoms with Crippen LogP contribution in [-0.4, -0.2) is 41.7 Å². The predicted octanol–water partition coefficient (Wildman–Crippen LogP) is 2.76. The van der Waals surface area contributed by atoms with Crippen LogP contribution in [0, 0.1) is 5.82 Å². The van der Waals surface area contributed by atoms with Crippen molar-refractivity contribution in [3.05, 3.63) is 28.5 Å². The Labute approximate surface area is 132 Å². The van der Waals surface area contributed by atoms with Gasteiger partial charge in [0.05, 0.1) is 17.8 Å². The lowest BCUT2D eigenvalue weighted by Gasteiger charge is -2.28. The number of carbonyl (C=O) groups excluding carboxylic acids is 1. The molecule has 0 aliphatic heterocycles. The number of likely N-dealkylation sites (N-methyl/N-ethyl adjacent to an activating group) is 1. The Balaban J connectivity index is 1.86. The summed E-state index contributed by atoms with van der Waals surface area (Å²) in [5, 5.41) is 12.8. The van der Waals surface area contributed by atoms with Gasteiger partial charge in [-0.1, -0.05) is 28.8 Å². The summed E-state index contributed by atoms with van der Waals surface area (Å²) < 4.78 is 14.3. The molecule has 0 spiro atoms. The normalized spacial score (nSPS) is 17.2. The van der Waals surface area contributed by atoms with Crippen LogP contribution < -0.4 is 5.32 Å². The lowest BCUT2D eigenvalue weighted by atomic mass is 10.0. The van der Waals surface area contributed by atoms with Gasteiger partial charge in [0, 0.05) is 11.0 Å². The Kier molecular flexibility index (Phi) is 5.35. The largest absolute Gasteiger partial charge is 0.389 e. The van der Waals surface area contributed by atoms with Gasteiger partial charge < -0.3 is 10.4 Å². The molecule has 1 aromatic carbocycles. The van der Waals surface area contributed by atoms with Gasteiger partial charge in [0.25, 0.3) is 0 Å². The summed E-state index contributed by atoms with van der Waals surface area (Å²) in [5.74, 6) is -0.768. The van der Waals surface area contributed by atoms with Crippen LogP contribution in [0.1, 0.15) is 25.7 Å². The van der Waals surface area contributed by atoms with Crippen molar-refractivity contribution in [2.45, 2.75) is 31.3 Å². The van der Waals surface area contributed by atoms with Crippen molar-refractivity contribution in [1.82, 2.24) is 4.90 Å². The van der Waals surface area contributed by atoms with Crippen molar-refractivity contribution in [3.63, 3.8) is 0 Å². The Morgan fingerprint density at radius 2 is 2.14 bits per heavy atom. The number of aliphatic hydroxyl groups is 1. The van der Waals surface area contributed by atoms with Gasteiger partial charge in [-0.05, 0) is 38.1 Å². The second kappa shape index (κ2) is 6.85. The Morgan fingerprint density at radius 1 is 1.48 bits per heavy atom. The maximum atomic E-state index is 13.6. The smallest absolute Gasteiger partial charge is 0.238 e. The molecule has 1 aliphatic rings. The third-order valence-electron chi connectivity index (χ3n) is 3.72. The third kappa shape index (κ3) is 4.76. The van der Waals surface area contributed by atoms with Gasteiger partial charge in [-0.2, -0.15) is 0 Å². The molecule has 4 nitrogen and oxygen atoms in total. The first kappa shape index (κ1) is 16.4. The first-order chi connectivity index (χ1) is 9.88. The first-order valence-electron chi connectivity index (χ1n) is 7.04. The average Bonchev–Trinajstić information content (AvgIpc) is 2.78. The van der Waals surface area contributed by atoms with E-state index in [-0.39, 0.29) is 18.1 Å². The fourth-order valence-corrected chi connectivity index (χ4v) is 3.11. The fraction of sp³-hybridized carbons (Fsp3) is 0.533. The first-order valence-corrected chi connectivity index (χ1v) is 7.83. The fourth-order valence-electron chi connectivity index (χ4n) is 2.78. The standard InChI is InChI=1S/C15H20BrFN2O2/c1-19(10-15(21)6-2-3-7-15)9-14(20)18-13-5-4-11(16)8-12(13)17/h4-5,8,21H,2-3,6-7,9-10H2,1H3,(H,18,20). The van der Waals surface area contributed by atoms with E-state index in [1.807, 2.05) is 0 Å². The van der Waals surface area contributed by atoms with Gasteiger partial charge in [-0.3, -0.25) is 9.69 Å². The van der Waals surface area contributed by atoms with Crippen molar-refractivity contribution in [2.75, 3.05) is 25.5 Å². The van der Waals surface area contributed by atoms with E-state index >= 15 is 0 Å². The monoisotopic (exact) mass is 358 g/mol. The zero-order valence-corrected chi connectivity index (χ0v) is 13.6. The molecule has 0 saturated heterocycles. The summed E-state index contributed by atoms with van der Waals surface area (Å²) in [6, 6.07) is 4.49. The summed E-state index contributed by atoms with van der Waals surface area (Å²) in [6.07, 6.45) is 3.61. The molecule has 21 heavy (non-hydrogen) atoms. The van der Waals surface area contributed by atoms with Crippen LogP contribution in [0.4, 0.5) is 10.1 Å². The van der Waals surface area contributed by atoms with Gasteiger partial charge in [-0.25, -0.2) is 4.39 Å². The molecule has 6 heteroatoms. The number of halogens is 2. The predicted molar refractivity (Wildman–Crippen MR) is 83.6 cm³/mol. The molecule has 0 heterocycles. The lowest BCUT2D eigenvalue weighted by molar-refractivity contribution is -0.117. The van der Waals surface area contributed by atoms with Crippen LogP contribution in [-0.2, 0) is 4.79 Å². The van der Waals surface area contributed by atoms with Crippen LogP contribution >= 0.6 is 15.9 Å². The molecule has 0 radical (unpaired) electrons. The number of hydrogen-bond acceptors (Lipinski definition) is 3. The molecule has 0 unspecified atom stereocenters. The molecule has 1 aliphatic carbocycles. The number of amides is 1. The average molecular weight is 359 g/mol. The molecule has 2 rings (SSSR count). The van der Waals surface area contributed by atoms with Crippen LogP contribution in [0.3, 0.4) is 0 Å². The molecule has 1 fully saturated rings. The Morgan fingerprint density at radius 3 is 2.76 bits per heavy atom. The van der Waals surface area contributed by atoms with Crippen molar-refractivity contribution in [1.29, 1.82) is 0 Å². The van der Waals surface area contributed by atoms with Gasteiger partial charge >= 0.3 is 0 Å². The molecule has 0 bridgehead atoms. The third-order valence-corrected chi connectivity index (χ3v) is 4.21. The minimum atomic E-state index is -0.683. The summed E-state index contributed by atoms with van der Waals surface area (Å²) >= 11 is 3.17. The number of carbonyl (C=O) groups is 1. The van der Waals surface area contributed by atoms with Crippen LogP contribution in [0.5, 0.6) is 0 Å². The van der Waals surface area contributed by atoms with Gasteiger partial charge in [0.2, 0.25) is 5.91 Å². The van der Waals surface area contributed by atoms with Gasteiger partial charge in [-0.15, -0.1) is 0 Å². The quantitative estimate of drug-likeness (QED) is 0.850. The number of nitrogens with one attached hydrogen (secondary N) is 1. The topological polar surface area (TPSA) is 52.6 Å². The summed E-state index contributed by atoms with van der Waals surface area (Å²) in [5.41, 5.74) is -0.520. The van der Waals surface area contributed by atoms with E-state index in [0.717, 1.165) is 25.7 Å². The molecule has 1 saturated carbocycles. The van der Waals surface area contributed by atoms with Crippen molar-refractivity contribution in [2.24, 2.45) is 0 Å². The number of anilines is 1. The van der Waals surface area contributed by atoms with Crippen LogP contribution in [0.15, 0.2) is 22.7 Å². The number of nitrogens with zero attached hydrogens (tertiary/aromatic N) is 1. The van der Waals surface area contributed by atoms with Crippen molar-refractivity contribution in [3.8, 4) is 0 Å². The second-order valence-electron chi connectivity index (χ2n) is 5.78. The van der Waals surface area contributed by atoms with E-state index in [0.29, 0.717) is 11.0 Å². The Bertz CT molecular complexity index is 518. The zero-order valence-electron chi connectivity index (χ0n) is 12.0. The molecule has 1 amide bonds. The molecule has 0 atom stereocenters. The van der Waals surface area contributed by atoms with E-state index in [1.165, 1.54) is 12.1 Å². The summed E-state index contributed by atoms with van der Waals surface area (Å²) in [4.78, 5) is 13.7. The molecule has 1 aromatic rings. The molecule has 0 aromatic heterocycles. The highest BCUT2D eigenvalue weighted by Gasteiger charge is 2.32. The van der Waals surface area contributed by atoms with E-state index in [9.17, 15) is 14.3 Å². The van der Waals surface area contributed by atoms with Crippen LogP contribution in [0.2, 0.25) is 0 Å². The number of hydrogen-bond donors (Lipinski definition) is 2. The van der Waals surface area contributed by atoms with Crippen LogP contribution in [0.25, 0.3) is 0 Å². The maximum Gasteiger partial charge on any atom is 0.238 e. The molecule has 2 N–H and O–H groups in total. The summed E-state index contributed by atoms with van der Waals surface area (Å²) in [6.45, 7) is 0.584. The van der Waals surface area contributed by atoms with E-state index < -0.39 is 11.4 Å². The van der Waals surface area contributed by atoms with E-state index in [2.05, 4.69) is 21.2 Å². The second-order valence-corrected chi connectivity index (χ2v) is 6.69.